The summed E-state index contributed by atoms with van der Waals surface area (Å²) in [6.07, 6.45) is 2.57. The Morgan fingerprint density at radius 3 is 2.37 bits per heavy atom. The minimum atomic E-state index is -3.63. The number of rotatable bonds is 6. The monoisotopic (exact) mass is 496 g/mol. The van der Waals surface area contributed by atoms with E-state index in [2.05, 4.69) is 42.7 Å². The quantitative estimate of drug-likeness (QED) is 0.618. The van der Waals surface area contributed by atoms with Crippen LogP contribution in [-0.2, 0) is 10.0 Å². The minimum Gasteiger partial charge on any atom is -0.497 e. The van der Waals surface area contributed by atoms with Gasteiger partial charge in [-0.05, 0) is 67.3 Å². The van der Waals surface area contributed by atoms with Crippen molar-refractivity contribution in [3.8, 4) is 17.6 Å². The van der Waals surface area contributed by atoms with Crippen molar-refractivity contribution in [3.05, 3.63) is 59.7 Å². The molecule has 0 saturated carbocycles. The number of hydrogen-bond acceptors (Lipinski definition) is 5. The molecule has 2 aromatic carbocycles. The lowest BCUT2D eigenvalue weighted by Crippen LogP contribution is -2.67. The van der Waals surface area contributed by atoms with Crippen LogP contribution in [0.2, 0.25) is 0 Å². The molecular weight excluding hydrogens is 460 g/mol. The van der Waals surface area contributed by atoms with Crippen LogP contribution < -0.4 is 4.74 Å². The van der Waals surface area contributed by atoms with Crippen LogP contribution in [0.4, 0.5) is 0 Å². The molecule has 0 bridgehead atoms. The van der Waals surface area contributed by atoms with Gasteiger partial charge in [0.15, 0.2) is 0 Å². The Balaban J connectivity index is 1.56. The number of aliphatic hydroxyl groups is 1. The van der Waals surface area contributed by atoms with E-state index < -0.39 is 10.0 Å². The highest BCUT2D eigenvalue weighted by Gasteiger charge is 2.50. The standard InChI is InChI=1S/C28H36N2O4S/c1-21(2)7-6-8-22-9-11-23(12-10-22)28-26-19-29(17-4-5-18-30(26)27(28)20-31)35(32,33)25-15-13-24(34-3)14-16-25/h9-16,21,26-28,31H,4-5,7,17-20H2,1-3H3/t26-,27+,28-/m1/s1. The summed E-state index contributed by atoms with van der Waals surface area (Å²) in [4.78, 5) is 2.57. The second-order valence-electron chi connectivity index (χ2n) is 9.85. The second kappa shape index (κ2) is 11.1. The third-order valence-corrected chi connectivity index (χ3v) is 8.95. The van der Waals surface area contributed by atoms with Crippen molar-refractivity contribution in [2.24, 2.45) is 5.92 Å². The number of nitrogens with zero attached hydrogens (tertiary/aromatic N) is 2. The molecule has 6 nitrogen and oxygen atoms in total. The van der Waals surface area contributed by atoms with E-state index in [4.69, 9.17) is 4.74 Å². The van der Waals surface area contributed by atoms with Gasteiger partial charge in [0.1, 0.15) is 5.75 Å². The first-order valence-electron chi connectivity index (χ1n) is 12.4. The Hall–Kier alpha value is -2.37. The normalized spacial score (nSPS) is 23.4. The number of methoxy groups -OCH3 is 1. The lowest BCUT2D eigenvalue weighted by Gasteiger charge is -2.57. The summed E-state index contributed by atoms with van der Waals surface area (Å²) in [7, 11) is -2.07. The van der Waals surface area contributed by atoms with Crippen LogP contribution >= 0.6 is 0 Å². The molecule has 7 heteroatoms. The number of ether oxygens (including phenoxy) is 1. The number of fused-ring (bicyclic) bond motifs is 1. The Kier molecular flexibility index (Phi) is 8.18. The molecule has 3 atom stereocenters. The summed E-state index contributed by atoms with van der Waals surface area (Å²) in [5.41, 5.74) is 2.11. The van der Waals surface area contributed by atoms with E-state index in [-0.39, 0.29) is 29.5 Å². The van der Waals surface area contributed by atoms with Crippen molar-refractivity contribution in [3.63, 3.8) is 0 Å². The molecule has 2 heterocycles. The molecule has 2 aliphatic rings. The van der Waals surface area contributed by atoms with E-state index in [1.807, 2.05) is 12.1 Å². The van der Waals surface area contributed by atoms with Crippen LogP contribution in [0, 0.1) is 17.8 Å². The fourth-order valence-corrected chi connectivity index (χ4v) is 6.67. The molecule has 4 rings (SSSR count). The molecule has 188 valence electrons. The van der Waals surface area contributed by atoms with Gasteiger partial charge in [0.2, 0.25) is 10.0 Å². The molecule has 1 N–H and O–H groups in total. The maximum Gasteiger partial charge on any atom is 0.243 e. The van der Waals surface area contributed by atoms with Crippen molar-refractivity contribution in [1.29, 1.82) is 0 Å². The van der Waals surface area contributed by atoms with Gasteiger partial charge in [0.05, 0.1) is 18.6 Å². The average Bonchev–Trinajstić information content (AvgIpc) is 2.83. The maximum absolute atomic E-state index is 13.5. The lowest BCUT2D eigenvalue weighted by atomic mass is 9.74. The van der Waals surface area contributed by atoms with Gasteiger partial charge in [0.25, 0.3) is 0 Å². The number of benzene rings is 2. The molecular formula is C28H36N2O4S. The van der Waals surface area contributed by atoms with Crippen LogP contribution in [0.3, 0.4) is 0 Å². The van der Waals surface area contributed by atoms with Crippen LogP contribution in [0.1, 0.15) is 50.2 Å². The van der Waals surface area contributed by atoms with Crippen LogP contribution in [0.5, 0.6) is 5.75 Å². The minimum absolute atomic E-state index is 0.00140. The van der Waals surface area contributed by atoms with Crippen LogP contribution in [0.25, 0.3) is 0 Å². The second-order valence-corrected chi connectivity index (χ2v) is 11.8. The summed E-state index contributed by atoms with van der Waals surface area (Å²) >= 11 is 0. The molecule has 2 aromatic rings. The molecule has 0 radical (unpaired) electrons. The van der Waals surface area contributed by atoms with Crippen molar-refractivity contribution in [2.45, 2.75) is 56.0 Å². The van der Waals surface area contributed by atoms with E-state index in [1.54, 1.807) is 35.7 Å². The van der Waals surface area contributed by atoms with E-state index in [1.165, 1.54) is 0 Å². The van der Waals surface area contributed by atoms with Crippen LogP contribution in [-0.4, -0.2) is 68.2 Å². The smallest absolute Gasteiger partial charge is 0.243 e. The van der Waals surface area contributed by atoms with E-state index in [9.17, 15) is 13.5 Å². The highest BCUT2D eigenvalue weighted by atomic mass is 32.2. The Labute approximate surface area is 210 Å². The van der Waals surface area contributed by atoms with Crippen molar-refractivity contribution in [2.75, 3.05) is 33.4 Å². The summed E-state index contributed by atoms with van der Waals surface area (Å²) in [6, 6.07) is 14.9. The van der Waals surface area contributed by atoms with Gasteiger partial charge >= 0.3 is 0 Å². The maximum atomic E-state index is 13.5. The highest BCUT2D eigenvalue weighted by molar-refractivity contribution is 7.89. The SMILES string of the molecule is COc1ccc(S(=O)(=O)N2CCCCN3[C@H](C2)[C@@H](c2ccc(C#CCC(C)C)cc2)[C@@H]3CO)cc1. The number of hydrogen-bond donors (Lipinski definition) is 1. The Bertz CT molecular complexity index is 1150. The van der Waals surface area contributed by atoms with Gasteiger partial charge in [0, 0.05) is 43.1 Å². The average molecular weight is 497 g/mol. The van der Waals surface area contributed by atoms with Gasteiger partial charge < -0.3 is 9.84 Å². The molecule has 0 spiro atoms. The first-order valence-corrected chi connectivity index (χ1v) is 13.9. The first-order chi connectivity index (χ1) is 16.8. The molecule has 0 amide bonds. The van der Waals surface area contributed by atoms with E-state index in [0.717, 1.165) is 36.9 Å². The zero-order valence-electron chi connectivity index (χ0n) is 20.9. The summed E-state index contributed by atoms with van der Waals surface area (Å²) in [5.74, 6) is 7.70. The van der Waals surface area contributed by atoms with Gasteiger partial charge in [-0.2, -0.15) is 4.31 Å². The van der Waals surface area contributed by atoms with E-state index >= 15 is 0 Å². The van der Waals surface area contributed by atoms with Crippen LogP contribution in [0.15, 0.2) is 53.4 Å². The summed E-state index contributed by atoms with van der Waals surface area (Å²) in [6.45, 7) is 6.15. The molecule has 35 heavy (non-hydrogen) atoms. The largest absolute Gasteiger partial charge is 0.497 e. The number of aliphatic hydroxyl groups excluding tert-OH is 1. The third kappa shape index (κ3) is 5.57. The third-order valence-electron chi connectivity index (χ3n) is 7.07. The zero-order chi connectivity index (χ0) is 25.0. The Morgan fingerprint density at radius 1 is 1.06 bits per heavy atom. The highest BCUT2D eigenvalue weighted by Crippen LogP contribution is 2.42. The molecule has 2 saturated heterocycles. The number of sulfonamides is 1. The predicted octanol–water partition coefficient (Wildman–Crippen LogP) is 3.71. The fraction of sp³-hybridized carbons (Fsp3) is 0.500. The molecule has 0 aromatic heterocycles. The van der Waals surface area contributed by atoms with Crippen molar-refractivity contribution < 1.29 is 18.3 Å². The zero-order valence-corrected chi connectivity index (χ0v) is 21.7. The summed E-state index contributed by atoms with van der Waals surface area (Å²) < 4.78 is 33.8. The predicted molar refractivity (Wildman–Crippen MR) is 138 cm³/mol. The molecule has 0 aliphatic carbocycles. The first kappa shape index (κ1) is 25.7. The van der Waals surface area contributed by atoms with E-state index in [0.29, 0.717) is 24.8 Å². The van der Waals surface area contributed by atoms with Gasteiger partial charge in [-0.25, -0.2) is 8.42 Å². The Morgan fingerprint density at radius 2 is 1.74 bits per heavy atom. The topological polar surface area (TPSA) is 70.1 Å². The van der Waals surface area contributed by atoms with Gasteiger partial charge in [-0.15, -0.1) is 0 Å². The van der Waals surface area contributed by atoms with Gasteiger partial charge in [-0.3, -0.25) is 4.90 Å². The van der Waals surface area contributed by atoms with Crippen molar-refractivity contribution in [1.82, 2.24) is 9.21 Å². The lowest BCUT2D eigenvalue weighted by molar-refractivity contribution is -0.0553. The molecule has 2 aliphatic heterocycles. The fourth-order valence-electron chi connectivity index (χ4n) is 5.17. The molecule has 0 unspecified atom stereocenters. The van der Waals surface area contributed by atoms with Gasteiger partial charge in [-0.1, -0.05) is 37.8 Å². The van der Waals surface area contributed by atoms with Crippen molar-refractivity contribution >= 4 is 10.0 Å². The molecule has 2 fully saturated rings. The summed E-state index contributed by atoms with van der Waals surface area (Å²) in [5, 5.41) is 10.2.